The number of hydrogen-bond acceptors (Lipinski definition) is 3. The van der Waals surface area contributed by atoms with Crippen molar-refractivity contribution in [3.63, 3.8) is 0 Å². The summed E-state index contributed by atoms with van der Waals surface area (Å²) in [5.74, 6) is 0.0423. The highest BCUT2D eigenvalue weighted by molar-refractivity contribution is 6.15. The number of Topliss-reactive ketones (excluding diaryl/α,β-unsaturated/α-hetero) is 1. The standard InChI is InChI=1S/C23H22N4O/c24-22(25)17-9-5-15(6-10-17)13-19-3-1-2-4-20(21(19)28)14-16-7-11-18(12-8-16)23(26)27/h1,3,5-14H,2,4H2,(H3,24,25)(H3,26,27)/b19-13-,20-14-. The second-order valence-corrected chi connectivity index (χ2v) is 6.61. The van der Waals surface area contributed by atoms with E-state index in [-0.39, 0.29) is 17.5 Å². The lowest BCUT2D eigenvalue weighted by Crippen LogP contribution is -2.10. The fraction of sp³-hybridized carbons (Fsp3) is 0.0870. The fourth-order valence-electron chi connectivity index (χ4n) is 2.97. The van der Waals surface area contributed by atoms with Crippen molar-refractivity contribution >= 4 is 29.6 Å². The van der Waals surface area contributed by atoms with E-state index in [4.69, 9.17) is 22.3 Å². The van der Waals surface area contributed by atoms with Gasteiger partial charge in [0.05, 0.1) is 0 Å². The number of nitrogens with one attached hydrogen (secondary N) is 2. The number of nitrogen functional groups attached to an aromatic ring is 2. The number of hydrogen-bond donors (Lipinski definition) is 4. The number of allylic oxidation sites excluding steroid dienone is 4. The Kier molecular flexibility index (Phi) is 5.65. The largest absolute Gasteiger partial charge is 0.384 e. The Labute approximate surface area is 164 Å². The number of nitrogens with two attached hydrogens (primary N) is 2. The van der Waals surface area contributed by atoms with E-state index in [1.165, 1.54) is 0 Å². The lowest BCUT2D eigenvalue weighted by atomic mass is 9.97. The van der Waals surface area contributed by atoms with E-state index in [0.29, 0.717) is 23.1 Å². The number of carbonyl (C=O) groups excluding carboxylic acids is 1. The zero-order chi connectivity index (χ0) is 20.1. The van der Waals surface area contributed by atoms with Gasteiger partial charge in [0.1, 0.15) is 11.7 Å². The van der Waals surface area contributed by atoms with Gasteiger partial charge in [-0.1, -0.05) is 60.7 Å². The molecule has 3 rings (SSSR count). The van der Waals surface area contributed by atoms with E-state index in [9.17, 15) is 4.79 Å². The molecule has 2 aromatic rings. The number of rotatable bonds is 4. The number of ketones is 1. The van der Waals surface area contributed by atoms with E-state index in [1.54, 1.807) is 24.3 Å². The summed E-state index contributed by atoms with van der Waals surface area (Å²) in [6, 6.07) is 14.5. The summed E-state index contributed by atoms with van der Waals surface area (Å²) < 4.78 is 0. The monoisotopic (exact) mass is 370 g/mol. The van der Waals surface area contributed by atoms with Crippen LogP contribution >= 0.6 is 0 Å². The maximum atomic E-state index is 13.0. The van der Waals surface area contributed by atoms with Crippen LogP contribution in [-0.4, -0.2) is 17.5 Å². The third-order valence-corrected chi connectivity index (χ3v) is 4.54. The SMILES string of the molecule is N=C(N)c1ccc(/C=C2/C=CCC/C(=C/c3ccc(C(=N)N)cc3)C2=O)cc1. The molecule has 0 bridgehead atoms. The highest BCUT2D eigenvalue weighted by Crippen LogP contribution is 2.23. The minimum atomic E-state index is 0.0000360. The molecule has 0 unspecified atom stereocenters. The van der Waals surface area contributed by atoms with Gasteiger partial charge in [-0.2, -0.15) is 0 Å². The molecule has 0 saturated carbocycles. The van der Waals surface area contributed by atoms with Crippen molar-refractivity contribution in [3.8, 4) is 0 Å². The van der Waals surface area contributed by atoms with E-state index in [2.05, 4.69) is 0 Å². The Morgan fingerprint density at radius 1 is 0.821 bits per heavy atom. The summed E-state index contributed by atoms with van der Waals surface area (Å²) in [6.45, 7) is 0. The third kappa shape index (κ3) is 4.51. The van der Waals surface area contributed by atoms with Crippen molar-refractivity contribution in [3.05, 3.63) is 94.1 Å². The van der Waals surface area contributed by atoms with Gasteiger partial charge in [-0.3, -0.25) is 15.6 Å². The van der Waals surface area contributed by atoms with E-state index >= 15 is 0 Å². The molecule has 0 saturated heterocycles. The van der Waals surface area contributed by atoms with Crippen molar-refractivity contribution in [1.29, 1.82) is 10.8 Å². The maximum Gasteiger partial charge on any atom is 0.189 e. The van der Waals surface area contributed by atoms with Crippen LogP contribution in [0, 0.1) is 10.8 Å². The average Bonchev–Trinajstić information content (AvgIpc) is 2.85. The zero-order valence-electron chi connectivity index (χ0n) is 15.4. The summed E-state index contributed by atoms with van der Waals surface area (Å²) in [7, 11) is 0. The van der Waals surface area contributed by atoms with Crippen LogP contribution in [0.4, 0.5) is 0 Å². The van der Waals surface area contributed by atoms with Crippen LogP contribution in [0.15, 0.2) is 71.8 Å². The van der Waals surface area contributed by atoms with Gasteiger partial charge in [-0.05, 0) is 36.1 Å². The topological polar surface area (TPSA) is 117 Å². The Hall–Kier alpha value is -3.73. The molecule has 0 atom stereocenters. The number of amidine groups is 2. The smallest absolute Gasteiger partial charge is 0.189 e. The molecule has 5 heteroatoms. The molecular formula is C23H22N4O. The summed E-state index contributed by atoms with van der Waals surface area (Å²) >= 11 is 0. The first-order chi connectivity index (χ1) is 13.4. The van der Waals surface area contributed by atoms with Crippen molar-refractivity contribution in [2.75, 3.05) is 0 Å². The van der Waals surface area contributed by atoms with Crippen molar-refractivity contribution in [2.45, 2.75) is 12.8 Å². The molecular weight excluding hydrogens is 348 g/mol. The van der Waals surface area contributed by atoms with Gasteiger partial charge in [-0.25, -0.2) is 0 Å². The molecule has 2 aromatic carbocycles. The van der Waals surface area contributed by atoms with Crippen LogP contribution in [0.1, 0.15) is 35.1 Å². The first kappa shape index (κ1) is 19.0. The first-order valence-electron chi connectivity index (χ1n) is 8.96. The lowest BCUT2D eigenvalue weighted by Gasteiger charge is -2.06. The molecule has 0 aliphatic heterocycles. The molecule has 140 valence electrons. The van der Waals surface area contributed by atoms with E-state index in [1.807, 2.05) is 48.6 Å². The van der Waals surface area contributed by atoms with Gasteiger partial charge in [0.2, 0.25) is 0 Å². The van der Waals surface area contributed by atoms with Crippen molar-refractivity contribution < 1.29 is 4.79 Å². The predicted octanol–water partition coefficient (Wildman–Crippen LogP) is 3.64. The van der Waals surface area contributed by atoms with Crippen molar-refractivity contribution in [1.82, 2.24) is 0 Å². The highest BCUT2D eigenvalue weighted by Gasteiger charge is 2.16. The van der Waals surface area contributed by atoms with E-state index in [0.717, 1.165) is 23.1 Å². The van der Waals surface area contributed by atoms with Crippen LogP contribution in [0.5, 0.6) is 0 Å². The summed E-state index contributed by atoms with van der Waals surface area (Å²) in [5.41, 5.74) is 15.4. The molecule has 1 aliphatic rings. The summed E-state index contributed by atoms with van der Waals surface area (Å²) in [6.07, 6.45) is 9.08. The Morgan fingerprint density at radius 2 is 1.32 bits per heavy atom. The third-order valence-electron chi connectivity index (χ3n) is 4.54. The summed E-state index contributed by atoms with van der Waals surface area (Å²) in [5, 5.41) is 14.9. The van der Waals surface area contributed by atoms with Gasteiger partial charge in [-0.15, -0.1) is 0 Å². The minimum Gasteiger partial charge on any atom is -0.384 e. The van der Waals surface area contributed by atoms with Gasteiger partial charge in [0.25, 0.3) is 0 Å². The maximum absolute atomic E-state index is 13.0. The molecule has 28 heavy (non-hydrogen) atoms. The van der Waals surface area contributed by atoms with Crippen LogP contribution in [0.2, 0.25) is 0 Å². The minimum absolute atomic E-state index is 0.0000360. The van der Waals surface area contributed by atoms with Crippen LogP contribution < -0.4 is 11.5 Å². The quantitative estimate of drug-likeness (QED) is 0.374. The van der Waals surface area contributed by atoms with Crippen LogP contribution in [0.3, 0.4) is 0 Å². The van der Waals surface area contributed by atoms with Gasteiger partial charge in [0.15, 0.2) is 5.78 Å². The molecule has 0 radical (unpaired) electrons. The highest BCUT2D eigenvalue weighted by atomic mass is 16.1. The van der Waals surface area contributed by atoms with Crippen molar-refractivity contribution in [2.24, 2.45) is 11.5 Å². The fourth-order valence-corrected chi connectivity index (χ4v) is 2.97. The Bertz CT molecular complexity index is 1010. The molecule has 0 spiro atoms. The van der Waals surface area contributed by atoms with Crippen LogP contribution in [-0.2, 0) is 4.79 Å². The average molecular weight is 370 g/mol. The van der Waals surface area contributed by atoms with E-state index < -0.39 is 0 Å². The van der Waals surface area contributed by atoms with Gasteiger partial charge >= 0.3 is 0 Å². The molecule has 0 amide bonds. The first-order valence-corrected chi connectivity index (χ1v) is 8.96. The molecule has 0 heterocycles. The zero-order valence-corrected chi connectivity index (χ0v) is 15.4. The second-order valence-electron chi connectivity index (χ2n) is 6.61. The second kappa shape index (κ2) is 8.31. The summed E-state index contributed by atoms with van der Waals surface area (Å²) in [4.78, 5) is 13.0. The molecule has 1 aliphatic carbocycles. The Morgan fingerprint density at radius 3 is 1.82 bits per heavy atom. The number of benzene rings is 2. The lowest BCUT2D eigenvalue weighted by molar-refractivity contribution is -0.111. The van der Waals surface area contributed by atoms with Gasteiger partial charge in [0, 0.05) is 22.3 Å². The predicted molar refractivity (Wildman–Crippen MR) is 114 cm³/mol. The normalized spacial score (nSPS) is 16.9. The molecule has 0 fully saturated rings. The van der Waals surface area contributed by atoms with Gasteiger partial charge < -0.3 is 11.5 Å². The molecule has 0 aromatic heterocycles. The molecule has 5 nitrogen and oxygen atoms in total. The molecule has 6 N–H and O–H groups in total. The Balaban J connectivity index is 1.88. The van der Waals surface area contributed by atoms with Crippen LogP contribution in [0.25, 0.3) is 12.2 Å². The number of carbonyl (C=O) groups is 1.